The molecule has 3 aromatic heterocycles. The fourth-order valence-corrected chi connectivity index (χ4v) is 5.37. The lowest BCUT2D eigenvalue weighted by molar-refractivity contribution is 0.219. The van der Waals surface area contributed by atoms with Crippen LogP contribution < -0.4 is 10.9 Å². The van der Waals surface area contributed by atoms with Gasteiger partial charge in [0.25, 0.3) is 5.56 Å². The second-order valence-electron chi connectivity index (χ2n) is 9.51. The first-order chi connectivity index (χ1) is 16.2. The molecule has 7 nitrogen and oxygen atoms in total. The van der Waals surface area contributed by atoms with Gasteiger partial charge in [-0.25, -0.2) is 4.98 Å². The summed E-state index contributed by atoms with van der Waals surface area (Å²) in [5.74, 6) is 0.639. The summed E-state index contributed by atoms with van der Waals surface area (Å²) >= 11 is 0. The topological polar surface area (TPSA) is 75.9 Å². The number of hydrogen-bond donors (Lipinski definition) is 1. The van der Waals surface area contributed by atoms with Crippen molar-refractivity contribution < 1.29 is 0 Å². The van der Waals surface area contributed by atoms with Gasteiger partial charge in [0.05, 0.1) is 0 Å². The number of likely N-dealkylation sites (tertiary alicyclic amines) is 1. The maximum absolute atomic E-state index is 13.6. The molecule has 1 N–H and O–H groups in total. The molecule has 0 spiro atoms. The van der Waals surface area contributed by atoms with Gasteiger partial charge in [-0.2, -0.15) is 4.98 Å². The van der Waals surface area contributed by atoms with Crippen LogP contribution in [0.2, 0.25) is 0 Å². The number of nitrogens with zero attached hydrogens (tertiary/aromatic N) is 5. The Morgan fingerprint density at radius 3 is 2.64 bits per heavy atom. The third kappa shape index (κ3) is 4.93. The monoisotopic (exact) mass is 446 g/mol. The highest BCUT2D eigenvalue weighted by atomic mass is 16.1. The largest absolute Gasteiger partial charge is 0.351 e. The van der Waals surface area contributed by atoms with Gasteiger partial charge in [-0.1, -0.05) is 25.8 Å². The van der Waals surface area contributed by atoms with Crippen LogP contribution in [0.1, 0.15) is 69.2 Å². The van der Waals surface area contributed by atoms with E-state index in [-0.39, 0.29) is 11.6 Å². The molecule has 4 heterocycles. The van der Waals surface area contributed by atoms with E-state index in [2.05, 4.69) is 27.1 Å². The van der Waals surface area contributed by atoms with E-state index in [9.17, 15) is 4.79 Å². The van der Waals surface area contributed by atoms with Crippen LogP contribution in [-0.2, 0) is 6.42 Å². The number of pyridine rings is 2. The van der Waals surface area contributed by atoms with Gasteiger partial charge < -0.3 is 10.2 Å². The number of hydrogen-bond acceptors (Lipinski definition) is 6. The van der Waals surface area contributed by atoms with Gasteiger partial charge in [0.15, 0.2) is 0 Å². The van der Waals surface area contributed by atoms with E-state index < -0.39 is 0 Å². The van der Waals surface area contributed by atoms with Crippen molar-refractivity contribution >= 4 is 17.0 Å². The highest BCUT2D eigenvalue weighted by molar-refractivity contribution is 5.76. The van der Waals surface area contributed by atoms with E-state index >= 15 is 0 Å². The molecule has 3 aromatic rings. The van der Waals surface area contributed by atoms with Gasteiger partial charge in [0.2, 0.25) is 5.95 Å². The fraction of sp³-hybridized carbons (Fsp3) is 0.538. The smallest absolute Gasteiger partial charge is 0.256 e. The molecule has 0 bridgehead atoms. The maximum atomic E-state index is 13.6. The zero-order valence-electron chi connectivity index (χ0n) is 19.5. The molecule has 2 aliphatic rings. The Bertz CT molecular complexity index is 1130. The average Bonchev–Trinajstić information content (AvgIpc) is 3.36. The fourth-order valence-electron chi connectivity index (χ4n) is 5.37. The summed E-state index contributed by atoms with van der Waals surface area (Å²) in [6.07, 6.45) is 12.0. The molecule has 1 aliphatic carbocycles. The summed E-state index contributed by atoms with van der Waals surface area (Å²) in [6, 6.07) is 8.39. The lowest BCUT2D eigenvalue weighted by atomic mass is 10.1. The van der Waals surface area contributed by atoms with Crippen molar-refractivity contribution in [3.8, 4) is 0 Å². The number of fused-ring (bicyclic) bond motifs is 1. The van der Waals surface area contributed by atoms with Crippen LogP contribution in [0.3, 0.4) is 0 Å². The first-order valence-corrected chi connectivity index (χ1v) is 12.5. The lowest BCUT2D eigenvalue weighted by Crippen LogP contribution is -2.39. The van der Waals surface area contributed by atoms with Gasteiger partial charge >= 0.3 is 0 Å². The third-order valence-corrected chi connectivity index (χ3v) is 7.10. The molecule has 0 amide bonds. The maximum Gasteiger partial charge on any atom is 0.256 e. The van der Waals surface area contributed by atoms with Crippen LogP contribution in [0.15, 0.2) is 41.5 Å². The van der Waals surface area contributed by atoms with E-state index in [1.54, 1.807) is 6.20 Å². The van der Waals surface area contributed by atoms with Crippen molar-refractivity contribution in [2.45, 2.75) is 70.4 Å². The molecule has 2 fully saturated rings. The number of piperidine rings is 1. The SMILES string of the molecule is CCCN1CCC(Nc2ncc3cc(Cc4ccccn4)c(=O)n(C4CCCC4)c3n2)CC1. The van der Waals surface area contributed by atoms with Crippen molar-refractivity contribution in [2.24, 2.45) is 0 Å². The highest BCUT2D eigenvalue weighted by Crippen LogP contribution is 2.31. The first kappa shape index (κ1) is 22.0. The quantitative estimate of drug-likeness (QED) is 0.587. The molecule has 5 rings (SSSR count). The summed E-state index contributed by atoms with van der Waals surface area (Å²) in [7, 11) is 0. The zero-order chi connectivity index (χ0) is 22.6. The molecule has 1 saturated carbocycles. The number of aromatic nitrogens is 4. The minimum absolute atomic E-state index is 0.0672. The van der Waals surface area contributed by atoms with E-state index in [0.717, 1.165) is 73.9 Å². The van der Waals surface area contributed by atoms with Crippen LogP contribution in [0.4, 0.5) is 5.95 Å². The van der Waals surface area contributed by atoms with Crippen LogP contribution in [0.25, 0.3) is 11.0 Å². The Morgan fingerprint density at radius 2 is 1.91 bits per heavy atom. The van der Waals surface area contributed by atoms with Crippen molar-refractivity contribution in [3.63, 3.8) is 0 Å². The van der Waals surface area contributed by atoms with Gasteiger partial charge in [-0.05, 0) is 56.8 Å². The second-order valence-corrected chi connectivity index (χ2v) is 9.51. The van der Waals surface area contributed by atoms with Crippen molar-refractivity contribution in [2.75, 3.05) is 25.0 Å². The van der Waals surface area contributed by atoms with Gasteiger partial charge in [0.1, 0.15) is 5.65 Å². The van der Waals surface area contributed by atoms with Crippen molar-refractivity contribution in [1.82, 2.24) is 24.4 Å². The summed E-state index contributed by atoms with van der Waals surface area (Å²) in [5, 5.41) is 4.48. The minimum atomic E-state index is 0.0672. The van der Waals surface area contributed by atoms with Gasteiger partial charge in [0, 0.05) is 60.6 Å². The molecule has 0 atom stereocenters. The number of rotatable bonds is 7. The third-order valence-electron chi connectivity index (χ3n) is 7.10. The standard InChI is InChI=1S/C26H34N6O/c1-2-13-31-14-10-21(11-15-31)29-26-28-18-20-16-19(17-22-7-5-6-12-27-22)25(33)32(24(20)30-26)23-8-3-4-9-23/h5-7,12,16,18,21,23H,2-4,8-11,13-15,17H2,1H3,(H,28,29,30). The van der Waals surface area contributed by atoms with Gasteiger partial charge in [-0.15, -0.1) is 0 Å². The predicted molar refractivity (Wildman–Crippen MR) is 132 cm³/mol. The Morgan fingerprint density at radius 1 is 1.09 bits per heavy atom. The second kappa shape index (κ2) is 10.00. The first-order valence-electron chi connectivity index (χ1n) is 12.5. The lowest BCUT2D eigenvalue weighted by Gasteiger charge is -2.32. The van der Waals surface area contributed by atoms with E-state index in [1.807, 2.05) is 35.0 Å². The molecule has 1 aliphatic heterocycles. The molecule has 7 heteroatoms. The van der Waals surface area contributed by atoms with Crippen molar-refractivity contribution in [1.29, 1.82) is 0 Å². The Hall–Kier alpha value is -2.80. The van der Waals surface area contributed by atoms with E-state index in [1.165, 1.54) is 13.0 Å². The van der Waals surface area contributed by atoms with Crippen LogP contribution in [0.5, 0.6) is 0 Å². The normalized spacial score (nSPS) is 18.2. The highest BCUT2D eigenvalue weighted by Gasteiger charge is 2.24. The summed E-state index contributed by atoms with van der Waals surface area (Å²) < 4.78 is 1.96. The molecule has 1 saturated heterocycles. The van der Waals surface area contributed by atoms with Crippen LogP contribution >= 0.6 is 0 Å². The number of nitrogens with one attached hydrogen (secondary N) is 1. The molecule has 0 unspecified atom stereocenters. The Kier molecular flexibility index (Phi) is 6.67. The summed E-state index contributed by atoms with van der Waals surface area (Å²) in [6.45, 7) is 5.64. The average molecular weight is 447 g/mol. The molecular formula is C26H34N6O. The van der Waals surface area contributed by atoms with Crippen LogP contribution in [0, 0.1) is 0 Å². The van der Waals surface area contributed by atoms with Crippen molar-refractivity contribution in [3.05, 3.63) is 58.3 Å². The number of anilines is 1. The van der Waals surface area contributed by atoms with E-state index in [4.69, 9.17) is 4.98 Å². The molecular weight excluding hydrogens is 412 g/mol. The van der Waals surface area contributed by atoms with E-state index in [0.29, 0.717) is 18.4 Å². The molecule has 174 valence electrons. The Labute approximate surface area is 195 Å². The van der Waals surface area contributed by atoms with Crippen LogP contribution in [-0.4, -0.2) is 50.1 Å². The minimum Gasteiger partial charge on any atom is -0.351 e. The zero-order valence-corrected chi connectivity index (χ0v) is 19.5. The summed E-state index contributed by atoms with van der Waals surface area (Å²) in [5.41, 5.74) is 2.50. The Balaban J connectivity index is 1.45. The predicted octanol–water partition coefficient (Wildman–Crippen LogP) is 4.18. The van der Waals surface area contributed by atoms with Gasteiger partial charge in [-0.3, -0.25) is 14.3 Å². The molecule has 0 aromatic carbocycles. The molecule has 0 radical (unpaired) electrons. The molecule has 33 heavy (non-hydrogen) atoms. The summed E-state index contributed by atoms with van der Waals surface area (Å²) in [4.78, 5) is 30.1.